The molecule has 0 N–H and O–H groups in total. The van der Waals surface area contributed by atoms with Gasteiger partial charge in [0.25, 0.3) is 0 Å². The number of rotatable bonds is 4. The monoisotopic (exact) mass is 261 g/mol. The zero-order chi connectivity index (χ0) is 14.0. The SMILES string of the molecule is CC(=O)c1cc(F)ccc1N(C)Cc1ccoc1C. The van der Waals surface area contributed by atoms with Crippen molar-refractivity contribution in [3.63, 3.8) is 0 Å². The van der Waals surface area contributed by atoms with Crippen LogP contribution in [0.1, 0.15) is 28.6 Å². The summed E-state index contributed by atoms with van der Waals surface area (Å²) in [5.74, 6) is 0.297. The Balaban J connectivity index is 2.31. The predicted molar refractivity (Wildman–Crippen MR) is 72.0 cm³/mol. The molecule has 0 bridgehead atoms. The Morgan fingerprint density at radius 2 is 2.11 bits per heavy atom. The number of halogens is 1. The normalized spacial score (nSPS) is 10.5. The summed E-state index contributed by atoms with van der Waals surface area (Å²) < 4.78 is 18.5. The Morgan fingerprint density at radius 3 is 2.68 bits per heavy atom. The van der Waals surface area contributed by atoms with Gasteiger partial charge in [0.05, 0.1) is 6.26 Å². The fourth-order valence-corrected chi connectivity index (χ4v) is 2.04. The van der Waals surface area contributed by atoms with E-state index in [2.05, 4.69) is 0 Å². The molecule has 100 valence electrons. The van der Waals surface area contributed by atoms with E-state index < -0.39 is 5.82 Å². The van der Waals surface area contributed by atoms with Gasteiger partial charge in [-0.3, -0.25) is 4.79 Å². The van der Waals surface area contributed by atoms with E-state index in [1.54, 1.807) is 12.3 Å². The van der Waals surface area contributed by atoms with Gasteiger partial charge < -0.3 is 9.32 Å². The van der Waals surface area contributed by atoms with E-state index in [-0.39, 0.29) is 5.78 Å². The van der Waals surface area contributed by atoms with E-state index in [1.165, 1.54) is 19.1 Å². The molecule has 1 aromatic carbocycles. The summed E-state index contributed by atoms with van der Waals surface area (Å²) in [5, 5.41) is 0. The van der Waals surface area contributed by atoms with Gasteiger partial charge in [-0.15, -0.1) is 0 Å². The lowest BCUT2D eigenvalue weighted by Crippen LogP contribution is -2.19. The van der Waals surface area contributed by atoms with Crippen LogP contribution in [0.25, 0.3) is 0 Å². The molecule has 0 spiro atoms. The zero-order valence-corrected chi connectivity index (χ0v) is 11.2. The molecular weight excluding hydrogens is 245 g/mol. The third-order valence-electron chi connectivity index (χ3n) is 3.12. The largest absolute Gasteiger partial charge is 0.469 e. The van der Waals surface area contributed by atoms with Gasteiger partial charge in [0, 0.05) is 30.4 Å². The highest BCUT2D eigenvalue weighted by Gasteiger charge is 2.14. The molecule has 0 saturated heterocycles. The lowest BCUT2D eigenvalue weighted by molar-refractivity contribution is 0.101. The highest BCUT2D eigenvalue weighted by Crippen LogP contribution is 2.23. The number of Topliss-reactive ketones (excluding diaryl/α,β-unsaturated/α-hetero) is 1. The number of carbonyl (C=O) groups is 1. The fraction of sp³-hybridized carbons (Fsp3) is 0.267. The van der Waals surface area contributed by atoms with Crippen LogP contribution in [0.5, 0.6) is 0 Å². The maximum Gasteiger partial charge on any atom is 0.161 e. The Labute approximate surface area is 111 Å². The van der Waals surface area contributed by atoms with Crippen LogP contribution in [0.4, 0.5) is 10.1 Å². The molecule has 3 nitrogen and oxygen atoms in total. The topological polar surface area (TPSA) is 33.5 Å². The van der Waals surface area contributed by atoms with Gasteiger partial charge >= 0.3 is 0 Å². The van der Waals surface area contributed by atoms with E-state index >= 15 is 0 Å². The third kappa shape index (κ3) is 2.84. The Bertz CT molecular complexity index is 604. The lowest BCUT2D eigenvalue weighted by atomic mass is 10.1. The molecule has 2 rings (SSSR count). The van der Waals surface area contributed by atoms with Crippen molar-refractivity contribution in [1.82, 2.24) is 0 Å². The van der Waals surface area contributed by atoms with E-state index in [9.17, 15) is 9.18 Å². The molecule has 1 heterocycles. The summed E-state index contributed by atoms with van der Waals surface area (Å²) in [6, 6.07) is 6.15. The number of ketones is 1. The lowest BCUT2D eigenvalue weighted by Gasteiger charge is -2.21. The Hall–Kier alpha value is -2.10. The third-order valence-corrected chi connectivity index (χ3v) is 3.12. The molecule has 1 aromatic heterocycles. The van der Waals surface area contributed by atoms with Crippen LogP contribution in [0.15, 0.2) is 34.9 Å². The average molecular weight is 261 g/mol. The van der Waals surface area contributed by atoms with Crippen LogP contribution < -0.4 is 4.90 Å². The van der Waals surface area contributed by atoms with Crippen LogP contribution >= 0.6 is 0 Å². The van der Waals surface area contributed by atoms with Crippen LogP contribution in [-0.4, -0.2) is 12.8 Å². The molecule has 0 radical (unpaired) electrons. The number of nitrogens with zero attached hydrogens (tertiary/aromatic N) is 1. The van der Waals surface area contributed by atoms with Crippen molar-refractivity contribution in [2.45, 2.75) is 20.4 Å². The van der Waals surface area contributed by atoms with Gasteiger partial charge in [0.1, 0.15) is 11.6 Å². The van der Waals surface area contributed by atoms with Gasteiger partial charge in [0.2, 0.25) is 0 Å². The number of carbonyl (C=O) groups excluding carboxylic acids is 1. The van der Waals surface area contributed by atoms with Crippen LogP contribution in [0.2, 0.25) is 0 Å². The molecule has 0 amide bonds. The quantitative estimate of drug-likeness (QED) is 0.789. The van der Waals surface area contributed by atoms with E-state index in [0.717, 1.165) is 17.0 Å². The second-order valence-corrected chi connectivity index (χ2v) is 4.58. The van der Waals surface area contributed by atoms with Crippen LogP contribution in [-0.2, 0) is 6.54 Å². The van der Waals surface area contributed by atoms with Gasteiger partial charge in [-0.25, -0.2) is 4.39 Å². The zero-order valence-electron chi connectivity index (χ0n) is 11.2. The smallest absolute Gasteiger partial charge is 0.161 e. The van der Waals surface area contributed by atoms with Crippen LogP contribution in [0.3, 0.4) is 0 Å². The minimum Gasteiger partial charge on any atom is -0.469 e. The number of hydrogen-bond donors (Lipinski definition) is 0. The molecule has 0 atom stereocenters. The summed E-state index contributed by atoms with van der Waals surface area (Å²) in [6.45, 7) is 3.93. The molecule has 0 aliphatic rings. The molecule has 0 unspecified atom stereocenters. The second kappa shape index (κ2) is 5.26. The summed E-state index contributed by atoms with van der Waals surface area (Å²) >= 11 is 0. The van der Waals surface area contributed by atoms with Crippen molar-refractivity contribution in [2.24, 2.45) is 0 Å². The first-order valence-electron chi connectivity index (χ1n) is 6.03. The minimum atomic E-state index is -0.401. The molecule has 0 saturated carbocycles. The first kappa shape index (κ1) is 13.3. The molecule has 0 fully saturated rings. The molecular formula is C15H16FNO2. The first-order valence-corrected chi connectivity index (χ1v) is 6.03. The van der Waals surface area contributed by atoms with Crippen molar-refractivity contribution in [3.05, 3.63) is 53.2 Å². The van der Waals surface area contributed by atoms with Crippen molar-refractivity contribution in [3.8, 4) is 0 Å². The molecule has 2 aromatic rings. The van der Waals surface area contributed by atoms with E-state index in [0.29, 0.717) is 12.1 Å². The Kier molecular flexibility index (Phi) is 3.69. The Morgan fingerprint density at radius 1 is 1.37 bits per heavy atom. The maximum absolute atomic E-state index is 13.2. The molecule has 19 heavy (non-hydrogen) atoms. The predicted octanol–water partition coefficient (Wildman–Crippen LogP) is 3.57. The van der Waals surface area contributed by atoms with Gasteiger partial charge in [0.15, 0.2) is 5.78 Å². The van der Waals surface area contributed by atoms with E-state index in [1.807, 2.05) is 24.9 Å². The number of anilines is 1. The highest BCUT2D eigenvalue weighted by molar-refractivity contribution is 5.99. The van der Waals surface area contributed by atoms with Crippen molar-refractivity contribution < 1.29 is 13.6 Å². The summed E-state index contributed by atoms with van der Waals surface area (Å²) in [6.07, 6.45) is 1.63. The van der Waals surface area contributed by atoms with E-state index in [4.69, 9.17) is 4.42 Å². The van der Waals surface area contributed by atoms with Crippen molar-refractivity contribution in [2.75, 3.05) is 11.9 Å². The number of hydrogen-bond acceptors (Lipinski definition) is 3. The standard InChI is InChI=1S/C15H16FNO2/c1-10(18)14-8-13(16)4-5-15(14)17(3)9-12-6-7-19-11(12)2/h4-8H,9H2,1-3H3. The molecule has 0 aliphatic carbocycles. The second-order valence-electron chi connectivity index (χ2n) is 4.58. The van der Waals surface area contributed by atoms with Crippen molar-refractivity contribution in [1.29, 1.82) is 0 Å². The van der Waals surface area contributed by atoms with Crippen molar-refractivity contribution >= 4 is 11.5 Å². The van der Waals surface area contributed by atoms with Gasteiger partial charge in [-0.2, -0.15) is 0 Å². The van der Waals surface area contributed by atoms with Gasteiger partial charge in [-0.05, 0) is 38.1 Å². The first-order chi connectivity index (χ1) is 8.99. The molecule has 4 heteroatoms. The highest BCUT2D eigenvalue weighted by atomic mass is 19.1. The number of benzene rings is 1. The fourth-order valence-electron chi connectivity index (χ4n) is 2.04. The average Bonchev–Trinajstić information content (AvgIpc) is 2.74. The summed E-state index contributed by atoms with van der Waals surface area (Å²) in [5.41, 5.74) is 2.15. The van der Waals surface area contributed by atoms with Gasteiger partial charge in [-0.1, -0.05) is 0 Å². The summed E-state index contributed by atoms with van der Waals surface area (Å²) in [7, 11) is 1.87. The molecule has 0 aliphatic heterocycles. The number of aryl methyl sites for hydroxylation is 1. The van der Waals surface area contributed by atoms with Crippen LogP contribution in [0, 0.1) is 12.7 Å². The summed E-state index contributed by atoms with van der Waals surface area (Å²) in [4.78, 5) is 13.5. The minimum absolute atomic E-state index is 0.148. The maximum atomic E-state index is 13.2. The number of furan rings is 1.